The van der Waals surface area contributed by atoms with Gasteiger partial charge in [-0.1, -0.05) is 6.92 Å². The third-order valence-electron chi connectivity index (χ3n) is 3.97. The van der Waals surface area contributed by atoms with E-state index in [1.807, 2.05) is 13.0 Å². The highest BCUT2D eigenvalue weighted by Crippen LogP contribution is 2.28. The van der Waals surface area contributed by atoms with Crippen LogP contribution in [0.2, 0.25) is 0 Å². The maximum atomic E-state index is 5.28. The van der Waals surface area contributed by atoms with Crippen LogP contribution < -0.4 is 15.5 Å². The van der Waals surface area contributed by atoms with Crippen molar-refractivity contribution < 1.29 is 0 Å². The van der Waals surface area contributed by atoms with Crippen LogP contribution in [0.5, 0.6) is 0 Å². The number of rotatable bonds is 5. The molecule has 26 heavy (non-hydrogen) atoms. The van der Waals surface area contributed by atoms with E-state index in [0.717, 1.165) is 30.5 Å². The number of hydrogen-bond donors (Lipinski definition) is 2. The Balaban J connectivity index is 1.86. The van der Waals surface area contributed by atoms with E-state index in [4.69, 9.17) is 12.2 Å². The van der Waals surface area contributed by atoms with Crippen molar-refractivity contribution in [1.82, 2.24) is 25.3 Å². The molecule has 2 aromatic heterocycles. The van der Waals surface area contributed by atoms with Crippen molar-refractivity contribution in [3.8, 4) is 0 Å². The third-order valence-corrected chi connectivity index (χ3v) is 5.03. The van der Waals surface area contributed by atoms with Crippen LogP contribution in [0.4, 0.5) is 11.8 Å². The smallest absolute Gasteiger partial charge is 0.232 e. The lowest BCUT2D eigenvalue weighted by atomic mass is 10.0. The van der Waals surface area contributed by atoms with Crippen LogP contribution in [-0.2, 0) is 0 Å². The number of hydrogen-bond acceptors (Lipinski definition) is 7. The minimum atomic E-state index is 0.491. The van der Waals surface area contributed by atoms with Gasteiger partial charge in [0, 0.05) is 38.1 Å². The molecule has 1 atom stereocenters. The summed E-state index contributed by atoms with van der Waals surface area (Å²) in [5.41, 5.74) is 0. The highest BCUT2D eigenvalue weighted by atomic mass is 32.2. The number of thiocarbonyl (C=S) groups is 1. The molecule has 0 saturated carbocycles. The van der Waals surface area contributed by atoms with Gasteiger partial charge in [-0.25, -0.2) is 15.0 Å². The van der Waals surface area contributed by atoms with Gasteiger partial charge in [-0.05, 0) is 55.7 Å². The van der Waals surface area contributed by atoms with Gasteiger partial charge in [-0.15, -0.1) is 0 Å². The number of nitrogens with zero attached hydrogens (tertiary/aromatic N) is 5. The van der Waals surface area contributed by atoms with Crippen LogP contribution in [0, 0.1) is 5.92 Å². The molecule has 1 fully saturated rings. The fraction of sp³-hybridized carbons (Fsp3) is 0.471. The summed E-state index contributed by atoms with van der Waals surface area (Å²) in [7, 11) is 0. The van der Waals surface area contributed by atoms with E-state index < -0.39 is 0 Å². The van der Waals surface area contributed by atoms with Crippen LogP contribution in [0.15, 0.2) is 34.7 Å². The van der Waals surface area contributed by atoms with Gasteiger partial charge in [0.15, 0.2) is 10.3 Å². The molecule has 1 aliphatic heterocycles. The molecule has 138 valence electrons. The molecule has 7 nitrogen and oxygen atoms in total. The topological polar surface area (TPSA) is 78.9 Å². The SMILES string of the molecule is CCNC(=S)Nc1nc(Sc2ncccn2)cc(N2CCCC(C)C2)n1. The quantitative estimate of drug-likeness (QED) is 0.456. The molecule has 2 N–H and O–H groups in total. The summed E-state index contributed by atoms with van der Waals surface area (Å²) in [4.78, 5) is 20.1. The summed E-state index contributed by atoms with van der Waals surface area (Å²) in [6, 6.07) is 3.80. The summed E-state index contributed by atoms with van der Waals surface area (Å²) in [5, 5.41) is 8.11. The summed E-state index contributed by atoms with van der Waals surface area (Å²) in [6.07, 6.45) is 5.89. The van der Waals surface area contributed by atoms with Crippen molar-refractivity contribution in [3.63, 3.8) is 0 Å². The molecular weight excluding hydrogens is 366 g/mol. The zero-order valence-electron chi connectivity index (χ0n) is 15.0. The maximum absolute atomic E-state index is 5.28. The number of anilines is 2. The minimum absolute atomic E-state index is 0.491. The number of nitrogens with one attached hydrogen (secondary N) is 2. The molecule has 1 unspecified atom stereocenters. The average Bonchev–Trinajstić information content (AvgIpc) is 2.62. The summed E-state index contributed by atoms with van der Waals surface area (Å²) in [6.45, 7) is 7.02. The van der Waals surface area contributed by atoms with Gasteiger partial charge in [-0.3, -0.25) is 0 Å². The Kier molecular flexibility index (Phi) is 6.56. The van der Waals surface area contributed by atoms with Crippen molar-refractivity contribution in [3.05, 3.63) is 24.5 Å². The van der Waals surface area contributed by atoms with Gasteiger partial charge in [0.1, 0.15) is 10.8 Å². The van der Waals surface area contributed by atoms with Crippen molar-refractivity contribution in [2.45, 2.75) is 36.9 Å². The van der Waals surface area contributed by atoms with Gasteiger partial charge in [-0.2, -0.15) is 4.98 Å². The Bertz CT molecular complexity index is 741. The van der Waals surface area contributed by atoms with E-state index in [1.54, 1.807) is 18.5 Å². The zero-order valence-corrected chi connectivity index (χ0v) is 16.6. The minimum Gasteiger partial charge on any atom is -0.363 e. The zero-order chi connectivity index (χ0) is 18.4. The molecule has 0 bridgehead atoms. The Hall–Kier alpha value is -2.00. The van der Waals surface area contributed by atoms with E-state index in [1.165, 1.54) is 24.6 Å². The maximum Gasteiger partial charge on any atom is 0.232 e. The highest BCUT2D eigenvalue weighted by Gasteiger charge is 2.19. The molecule has 2 aromatic rings. The van der Waals surface area contributed by atoms with Gasteiger partial charge in [0.25, 0.3) is 0 Å². The second kappa shape index (κ2) is 9.09. The summed E-state index contributed by atoms with van der Waals surface area (Å²) < 4.78 is 0. The Labute approximate surface area is 163 Å². The van der Waals surface area contributed by atoms with Crippen LogP contribution in [0.25, 0.3) is 0 Å². The largest absolute Gasteiger partial charge is 0.363 e. The lowest BCUT2D eigenvalue weighted by molar-refractivity contribution is 0.444. The van der Waals surface area contributed by atoms with E-state index >= 15 is 0 Å². The third kappa shape index (κ3) is 5.25. The molecule has 0 spiro atoms. The van der Waals surface area contributed by atoms with Gasteiger partial charge >= 0.3 is 0 Å². The Morgan fingerprint density at radius 3 is 2.88 bits per heavy atom. The monoisotopic (exact) mass is 389 g/mol. The predicted molar refractivity (Wildman–Crippen MR) is 109 cm³/mol. The first-order valence-corrected chi connectivity index (χ1v) is 10.00. The highest BCUT2D eigenvalue weighted by molar-refractivity contribution is 7.99. The molecule has 9 heteroatoms. The normalized spacial score (nSPS) is 17.0. The first-order chi connectivity index (χ1) is 12.6. The van der Waals surface area contributed by atoms with Crippen molar-refractivity contribution in [2.24, 2.45) is 5.92 Å². The van der Waals surface area contributed by atoms with E-state index in [2.05, 4.69) is 42.4 Å². The van der Waals surface area contributed by atoms with Crippen LogP contribution in [0.3, 0.4) is 0 Å². The van der Waals surface area contributed by atoms with Crippen molar-refractivity contribution in [1.29, 1.82) is 0 Å². The van der Waals surface area contributed by atoms with E-state index in [-0.39, 0.29) is 0 Å². The lowest BCUT2D eigenvalue weighted by Crippen LogP contribution is -2.35. The van der Waals surface area contributed by atoms with Crippen LogP contribution >= 0.6 is 24.0 Å². The van der Waals surface area contributed by atoms with E-state index in [0.29, 0.717) is 22.1 Å². The predicted octanol–water partition coefficient (Wildman–Crippen LogP) is 2.96. The van der Waals surface area contributed by atoms with Gasteiger partial charge in [0.05, 0.1) is 0 Å². The van der Waals surface area contributed by atoms with Crippen LogP contribution in [0.1, 0.15) is 26.7 Å². The molecular formula is C17H23N7S2. The fourth-order valence-electron chi connectivity index (χ4n) is 2.82. The second-order valence-corrected chi connectivity index (χ2v) is 7.60. The number of piperidine rings is 1. The van der Waals surface area contributed by atoms with Crippen molar-refractivity contribution in [2.75, 3.05) is 29.9 Å². The van der Waals surface area contributed by atoms with Gasteiger partial charge < -0.3 is 15.5 Å². The number of aromatic nitrogens is 4. The molecule has 0 radical (unpaired) electrons. The standard InChI is InChI=1S/C17H23N7S2/c1-3-18-16(25)23-15-21-13(24-9-4-6-12(2)11-24)10-14(22-15)26-17-19-7-5-8-20-17/h5,7-8,10,12H,3-4,6,9,11H2,1-2H3,(H2,18,21,22,23,25). The molecule has 0 aromatic carbocycles. The first-order valence-electron chi connectivity index (χ1n) is 8.77. The molecule has 1 saturated heterocycles. The van der Waals surface area contributed by atoms with Gasteiger partial charge in [0.2, 0.25) is 5.95 Å². The molecule has 3 heterocycles. The Morgan fingerprint density at radius 1 is 1.35 bits per heavy atom. The fourth-order valence-corrected chi connectivity index (χ4v) is 3.76. The summed E-state index contributed by atoms with van der Waals surface area (Å²) in [5.74, 6) is 2.06. The van der Waals surface area contributed by atoms with Crippen molar-refractivity contribution >= 4 is 40.9 Å². The molecule has 1 aliphatic rings. The molecule has 3 rings (SSSR count). The molecule has 0 aliphatic carbocycles. The molecule has 0 amide bonds. The average molecular weight is 390 g/mol. The second-order valence-electron chi connectivity index (χ2n) is 6.20. The summed E-state index contributed by atoms with van der Waals surface area (Å²) >= 11 is 6.70. The Morgan fingerprint density at radius 2 is 2.15 bits per heavy atom. The first kappa shape index (κ1) is 18.8. The van der Waals surface area contributed by atoms with Crippen LogP contribution in [-0.4, -0.2) is 44.7 Å². The van der Waals surface area contributed by atoms with E-state index in [9.17, 15) is 0 Å². The lowest BCUT2D eigenvalue weighted by Gasteiger charge is -2.32.